The Kier molecular flexibility index (Phi) is 3.61. The van der Waals surface area contributed by atoms with E-state index >= 15 is 0 Å². The molecule has 0 spiro atoms. The van der Waals surface area contributed by atoms with E-state index < -0.39 is 0 Å². The maximum atomic E-state index is 4.43. The van der Waals surface area contributed by atoms with Gasteiger partial charge in [0.05, 0.1) is 0 Å². The predicted octanol–water partition coefficient (Wildman–Crippen LogP) is 3.04. The lowest BCUT2D eigenvalue weighted by Gasteiger charge is -2.02. The molecular weight excluding hydrogens is 246 g/mol. The van der Waals surface area contributed by atoms with Gasteiger partial charge in [-0.05, 0) is 18.6 Å². The minimum Gasteiger partial charge on any atom is -0.243 e. The molecule has 2 aromatic heterocycles. The Labute approximate surface area is 101 Å². The Hall–Kier alpha value is -0.590. The van der Waals surface area contributed by atoms with Crippen LogP contribution < -0.4 is 0 Å². The maximum Gasteiger partial charge on any atom is 0.188 e. The molecule has 0 atom stereocenters. The molecular formula is C9H9N3S3. The first-order valence-corrected chi connectivity index (χ1v) is 7.53. The second-order valence-corrected chi connectivity index (χ2v) is 5.11. The van der Waals surface area contributed by atoms with Gasteiger partial charge < -0.3 is 0 Å². The van der Waals surface area contributed by atoms with E-state index in [1.807, 2.05) is 24.0 Å². The Morgan fingerprint density at radius 3 is 2.67 bits per heavy atom. The number of hydrogen-bond acceptors (Lipinski definition) is 6. The molecule has 0 radical (unpaired) electrons. The van der Waals surface area contributed by atoms with Crippen molar-refractivity contribution < 1.29 is 0 Å². The molecule has 6 heteroatoms. The highest BCUT2D eigenvalue weighted by Gasteiger charge is 2.07. The molecule has 2 rings (SSSR count). The zero-order valence-corrected chi connectivity index (χ0v) is 10.7. The van der Waals surface area contributed by atoms with Crippen LogP contribution in [0.4, 0.5) is 0 Å². The molecule has 0 saturated heterocycles. The highest BCUT2D eigenvalue weighted by atomic mass is 32.2. The summed E-state index contributed by atoms with van der Waals surface area (Å²) in [5.41, 5.74) is 0.911. The Balaban J connectivity index is 2.47. The SMILES string of the molecule is CSc1cc(-c2nccs2)nc(SC)n1. The van der Waals surface area contributed by atoms with Crippen molar-refractivity contribution in [1.82, 2.24) is 15.0 Å². The second-order valence-electron chi connectivity index (χ2n) is 2.62. The highest BCUT2D eigenvalue weighted by Crippen LogP contribution is 2.25. The summed E-state index contributed by atoms with van der Waals surface area (Å²) in [5, 5.41) is 4.68. The van der Waals surface area contributed by atoms with Crippen LogP contribution in [0.5, 0.6) is 0 Å². The molecule has 0 aromatic carbocycles. The van der Waals surface area contributed by atoms with Gasteiger partial charge in [0.1, 0.15) is 15.7 Å². The number of rotatable bonds is 3. The van der Waals surface area contributed by atoms with E-state index in [0.29, 0.717) is 0 Å². The monoisotopic (exact) mass is 255 g/mol. The Morgan fingerprint density at radius 2 is 2.07 bits per heavy atom. The van der Waals surface area contributed by atoms with E-state index in [2.05, 4.69) is 15.0 Å². The van der Waals surface area contributed by atoms with Crippen molar-refractivity contribution in [3.63, 3.8) is 0 Å². The maximum absolute atomic E-state index is 4.43. The molecule has 0 bridgehead atoms. The number of hydrogen-bond donors (Lipinski definition) is 0. The summed E-state index contributed by atoms with van der Waals surface area (Å²) >= 11 is 4.77. The van der Waals surface area contributed by atoms with Crippen molar-refractivity contribution in [3.8, 4) is 10.7 Å². The van der Waals surface area contributed by atoms with Crippen LogP contribution >= 0.6 is 34.9 Å². The van der Waals surface area contributed by atoms with Gasteiger partial charge in [0, 0.05) is 11.6 Å². The van der Waals surface area contributed by atoms with Crippen molar-refractivity contribution >= 4 is 34.9 Å². The van der Waals surface area contributed by atoms with Crippen LogP contribution in [-0.4, -0.2) is 27.5 Å². The van der Waals surface area contributed by atoms with Gasteiger partial charge in [0.15, 0.2) is 5.16 Å². The lowest BCUT2D eigenvalue weighted by atomic mass is 10.4. The first-order valence-electron chi connectivity index (χ1n) is 4.20. The summed E-state index contributed by atoms with van der Waals surface area (Å²) in [5.74, 6) is 0. The fraction of sp³-hybridized carbons (Fsp3) is 0.222. The third-order valence-corrected chi connectivity index (χ3v) is 3.70. The summed E-state index contributed by atoms with van der Waals surface area (Å²) in [6.07, 6.45) is 5.78. The first kappa shape index (κ1) is 10.9. The van der Waals surface area contributed by atoms with Crippen molar-refractivity contribution in [3.05, 3.63) is 17.6 Å². The summed E-state index contributed by atoms with van der Waals surface area (Å²) in [6, 6.07) is 1.98. The third kappa shape index (κ3) is 2.50. The van der Waals surface area contributed by atoms with Gasteiger partial charge in [0.25, 0.3) is 0 Å². The van der Waals surface area contributed by atoms with Crippen LogP contribution in [0.3, 0.4) is 0 Å². The van der Waals surface area contributed by atoms with E-state index in [0.717, 1.165) is 20.9 Å². The fourth-order valence-electron chi connectivity index (χ4n) is 1.06. The third-order valence-electron chi connectivity index (χ3n) is 1.73. The number of thioether (sulfide) groups is 2. The molecule has 0 amide bonds. The molecule has 0 saturated carbocycles. The van der Waals surface area contributed by atoms with Crippen LogP contribution in [0, 0.1) is 0 Å². The lowest BCUT2D eigenvalue weighted by Crippen LogP contribution is -1.91. The van der Waals surface area contributed by atoms with Gasteiger partial charge in [-0.2, -0.15) is 0 Å². The largest absolute Gasteiger partial charge is 0.243 e. The molecule has 0 aliphatic rings. The summed E-state index contributed by atoms with van der Waals surface area (Å²) in [7, 11) is 0. The van der Waals surface area contributed by atoms with Crippen LogP contribution in [-0.2, 0) is 0 Å². The molecule has 0 aliphatic carbocycles. The number of thiazole rings is 1. The normalized spacial score (nSPS) is 10.5. The van der Waals surface area contributed by atoms with Crippen LogP contribution in [0.2, 0.25) is 0 Å². The molecule has 2 heterocycles. The topological polar surface area (TPSA) is 38.7 Å². The van der Waals surface area contributed by atoms with Gasteiger partial charge in [0.2, 0.25) is 0 Å². The second kappa shape index (κ2) is 4.96. The molecule has 0 N–H and O–H groups in total. The van der Waals surface area contributed by atoms with Gasteiger partial charge >= 0.3 is 0 Å². The predicted molar refractivity (Wildman–Crippen MR) is 66.7 cm³/mol. The molecule has 3 nitrogen and oxygen atoms in total. The highest BCUT2D eigenvalue weighted by molar-refractivity contribution is 7.99. The molecule has 0 unspecified atom stereocenters. The van der Waals surface area contributed by atoms with Gasteiger partial charge in [-0.15, -0.1) is 23.1 Å². The minimum absolute atomic E-state index is 0.798. The van der Waals surface area contributed by atoms with Crippen molar-refractivity contribution in [2.75, 3.05) is 12.5 Å². The summed E-state index contributed by atoms with van der Waals surface area (Å²) in [6.45, 7) is 0. The quantitative estimate of drug-likeness (QED) is 0.479. The zero-order valence-electron chi connectivity index (χ0n) is 8.30. The van der Waals surface area contributed by atoms with Crippen molar-refractivity contribution in [2.45, 2.75) is 10.2 Å². The standard InChI is InChI=1S/C9H9N3S3/c1-13-7-5-6(8-10-3-4-15-8)11-9(12-7)14-2/h3-5H,1-2H3. The van der Waals surface area contributed by atoms with E-state index in [-0.39, 0.29) is 0 Å². The van der Waals surface area contributed by atoms with Crippen molar-refractivity contribution in [2.24, 2.45) is 0 Å². The number of nitrogens with zero attached hydrogens (tertiary/aromatic N) is 3. The number of aromatic nitrogens is 3. The molecule has 0 aliphatic heterocycles. The van der Waals surface area contributed by atoms with E-state index in [4.69, 9.17) is 0 Å². The molecule has 0 fully saturated rings. The minimum atomic E-state index is 0.798. The van der Waals surface area contributed by atoms with Crippen LogP contribution in [0.25, 0.3) is 10.7 Å². The first-order chi connectivity index (χ1) is 7.33. The van der Waals surface area contributed by atoms with Gasteiger partial charge in [-0.3, -0.25) is 0 Å². The molecule has 78 valence electrons. The fourth-order valence-corrected chi connectivity index (χ4v) is 2.50. The van der Waals surface area contributed by atoms with Gasteiger partial charge in [-0.25, -0.2) is 15.0 Å². The van der Waals surface area contributed by atoms with Crippen LogP contribution in [0.1, 0.15) is 0 Å². The average molecular weight is 255 g/mol. The van der Waals surface area contributed by atoms with E-state index in [9.17, 15) is 0 Å². The smallest absolute Gasteiger partial charge is 0.188 e. The molecule has 2 aromatic rings. The molecule has 15 heavy (non-hydrogen) atoms. The van der Waals surface area contributed by atoms with Gasteiger partial charge in [-0.1, -0.05) is 11.8 Å². The summed E-state index contributed by atoms with van der Waals surface area (Å²) < 4.78 is 0. The van der Waals surface area contributed by atoms with Crippen molar-refractivity contribution in [1.29, 1.82) is 0 Å². The van der Waals surface area contributed by atoms with E-state index in [1.54, 1.807) is 41.1 Å². The summed E-state index contributed by atoms with van der Waals surface area (Å²) in [4.78, 5) is 13.0. The zero-order chi connectivity index (χ0) is 10.7. The van der Waals surface area contributed by atoms with E-state index in [1.165, 1.54) is 0 Å². The Morgan fingerprint density at radius 1 is 1.20 bits per heavy atom. The Bertz CT molecular complexity index is 420. The van der Waals surface area contributed by atoms with Crippen LogP contribution in [0.15, 0.2) is 27.8 Å². The average Bonchev–Trinajstić information content (AvgIpc) is 2.81. The lowest BCUT2D eigenvalue weighted by molar-refractivity contribution is 0.899.